The van der Waals surface area contributed by atoms with Crippen molar-refractivity contribution in [1.82, 2.24) is 5.43 Å². The minimum Gasteiger partial charge on any atom is -0.368 e. The molecule has 0 aromatic heterocycles. The zero-order valence-electron chi connectivity index (χ0n) is 8.40. The summed E-state index contributed by atoms with van der Waals surface area (Å²) in [6.45, 7) is 0.684. The second kappa shape index (κ2) is 4.79. The number of rotatable bonds is 3. The van der Waals surface area contributed by atoms with Crippen molar-refractivity contribution in [3.8, 4) is 0 Å². The lowest BCUT2D eigenvalue weighted by Gasteiger charge is -2.11. The first-order chi connectivity index (χ1) is 7.36. The molecule has 1 heterocycles. The third-order valence-electron chi connectivity index (χ3n) is 2.33. The number of nitrogens with one attached hydrogen (secondary N) is 2. The molecule has 1 amide bonds. The van der Waals surface area contributed by atoms with Gasteiger partial charge in [0.2, 0.25) is 0 Å². The number of benzene rings is 1. The molecule has 1 aliphatic heterocycles. The van der Waals surface area contributed by atoms with Crippen LogP contribution in [-0.2, 0) is 9.53 Å². The van der Waals surface area contributed by atoms with Crippen LogP contribution in [0.2, 0.25) is 0 Å². The van der Waals surface area contributed by atoms with Crippen LogP contribution in [0.3, 0.4) is 0 Å². The van der Waals surface area contributed by atoms with Gasteiger partial charge in [-0.3, -0.25) is 15.6 Å². The van der Waals surface area contributed by atoms with Crippen molar-refractivity contribution in [2.24, 2.45) is 0 Å². The summed E-state index contributed by atoms with van der Waals surface area (Å²) >= 11 is 0. The van der Waals surface area contributed by atoms with Crippen LogP contribution in [0.1, 0.15) is 12.8 Å². The van der Waals surface area contributed by atoms with Gasteiger partial charge in [-0.1, -0.05) is 18.2 Å². The third-order valence-corrected chi connectivity index (χ3v) is 2.33. The van der Waals surface area contributed by atoms with Crippen LogP contribution < -0.4 is 10.9 Å². The highest BCUT2D eigenvalue weighted by Crippen LogP contribution is 2.11. The van der Waals surface area contributed by atoms with E-state index in [4.69, 9.17) is 4.74 Å². The number of amides is 1. The predicted molar refractivity (Wildman–Crippen MR) is 57.2 cm³/mol. The van der Waals surface area contributed by atoms with E-state index < -0.39 is 0 Å². The molecular weight excluding hydrogens is 192 g/mol. The second-order valence-corrected chi connectivity index (χ2v) is 3.48. The SMILES string of the molecule is O=C(NNc1ccccc1)C1CCCO1. The number of ether oxygens (including phenoxy) is 1. The zero-order chi connectivity index (χ0) is 10.5. The molecule has 1 aliphatic rings. The Bertz CT molecular complexity index is 321. The highest BCUT2D eigenvalue weighted by molar-refractivity contribution is 5.82. The summed E-state index contributed by atoms with van der Waals surface area (Å²) in [5.41, 5.74) is 6.33. The number of hydrogen-bond acceptors (Lipinski definition) is 3. The highest BCUT2D eigenvalue weighted by Gasteiger charge is 2.23. The number of carbonyl (C=O) groups is 1. The van der Waals surface area contributed by atoms with E-state index in [1.54, 1.807) is 0 Å². The molecule has 4 nitrogen and oxygen atoms in total. The lowest BCUT2D eigenvalue weighted by atomic mass is 10.2. The maximum Gasteiger partial charge on any atom is 0.267 e. The zero-order valence-corrected chi connectivity index (χ0v) is 8.40. The standard InChI is InChI=1S/C11H14N2O2/c14-11(10-7-4-8-15-10)13-12-9-5-2-1-3-6-9/h1-3,5-6,10,12H,4,7-8H2,(H,13,14). The molecular formula is C11H14N2O2. The van der Waals surface area contributed by atoms with Gasteiger partial charge in [0.15, 0.2) is 0 Å². The Balaban J connectivity index is 1.80. The van der Waals surface area contributed by atoms with Gasteiger partial charge in [0.25, 0.3) is 5.91 Å². The second-order valence-electron chi connectivity index (χ2n) is 3.48. The number of hydrogen-bond donors (Lipinski definition) is 2. The lowest BCUT2D eigenvalue weighted by molar-refractivity contribution is -0.129. The van der Waals surface area contributed by atoms with E-state index in [2.05, 4.69) is 10.9 Å². The van der Waals surface area contributed by atoms with Crippen molar-refractivity contribution in [1.29, 1.82) is 0 Å². The van der Waals surface area contributed by atoms with Gasteiger partial charge in [0.1, 0.15) is 6.10 Å². The van der Waals surface area contributed by atoms with Gasteiger partial charge in [-0.05, 0) is 25.0 Å². The van der Waals surface area contributed by atoms with Gasteiger partial charge >= 0.3 is 0 Å². The van der Waals surface area contributed by atoms with Crippen LogP contribution in [0.15, 0.2) is 30.3 Å². The average Bonchev–Trinajstić information content (AvgIpc) is 2.81. The van der Waals surface area contributed by atoms with Crippen LogP contribution in [0, 0.1) is 0 Å². The van der Waals surface area contributed by atoms with Gasteiger partial charge in [0.05, 0.1) is 5.69 Å². The first-order valence-electron chi connectivity index (χ1n) is 5.09. The van der Waals surface area contributed by atoms with E-state index >= 15 is 0 Å². The molecule has 0 saturated carbocycles. The first kappa shape index (κ1) is 9.98. The Morgan fingerprint density at radius 3 is 2.80 bits per heavy atom. The first-order valence-corrected chi connectivity index (χ1v) is 5.09. The van der Waals surface area contributed by atoms with Crippen LogP contribution in [0.5, 0.6) is 0 Å². The summed E-state index contributed by atoms with van der Waals surface area (Å²) < 4.78 is 5.25. The average molecular weight is 206 g/mol. The molecule has 80 valence electrons. The third kappa shape index (κ3) is 2.70. The Morgan fingerprint density at radius 1 is 1.33 bits per heavy atom. The van der Waals surface area contributed by atoms with Crippen molar-refractivity contribution in [3.63, 3.8) is 0 Å². The van der Waals surface area contributed by atoms with Crippen LogP contribution in [-0.4, -0.2) is 18.6 Å². The minimum absolute atomic E-state index is 0.101. The lowest BCUT2D eigenvalue weighted by Crippen LogP contribution is -2.37. The Kier molecular flexibility index (Phi) is 3.19. The smallest absolute Gasteiger partial charge is 0.267 e. The van der Waals surface area contributed by atoms with E-state index in [-0.39, 0.29) is 12.0 Å². The number of anilines is 1. The summed E-state index contributed by atoms with van der Waals surface area (Å²) in [6, 6.07) is 9.50. The monoisotopic (exact) mass is 206 g/mol. The topological polar surface area (TPSA) is 50.4 Å². The summed E-state index contributed by atoms with van der Waals surface area (Å²) in [5.74, 6) is -0.101. The Hall–Kier alpha value is -1.55. The largest absolute Gasteiger partial charge is 0.368 e. The molecule has 1 aromatic carbocycles. The van der Waals surface area contributed by atoms with Crippen LogP contribution >= 0.6 is 0 Å². The summed E-state index contributed by atoms with van der Waals surface area (Å²) in [5, 5.41) is 0. The van der Waals surface area contributed by atoms with Crippen molar-refractivity contribution in [2.45, 2.75) is 18.9 Å². The fourth-order valence-corrected chi connectivity index (χ4v) is 1.52. The summed E-state index contributed by atoms with van der Waals surface area (Å²) in [7, 11) is 0. The molecule has 1 unspecified atom stereocenters. The number of carbonyl (C=O) groups excluding carboxylic acids is 1. The fraction of sp³-hybridized carbons (Fsp3) is 0.364. The van der Waals surface area contributed by atoms with Gasteiger partial charge in [0, 0.05) is 6.61 Å². The van der Waals surface area contributed by atoms with Crippen molar-refractivity contribution >= 4 is 11.6 Å². The summed E-state index contributed by atoms with van der Waals surface area (Å²) in [4.78, 5) is 11.5. The molecule has 2 rings (SSSR count). The molecule has 0 spiro atoms. The van der Waals surface area contributed by atoms with Gasteiger partial charge < -0.3 is 4.74 Å². The summed E-state index contributed by atoms with van der Waals surface area (Å²) in [6.07, 6.45) is 1.48. The van der Waals surface area contributed by atoms with E-state index in [0.717, 1.165) is 18.5 Å². The molecule has 0 radical (unpaired) electrons. The van der Waals surface area contributed by atoms with Crippen LogP contribution in [0.25, 0.3) is 0 Å². The molecule has 15 heavy (non-hydrogen) atoms. The maximum absolute atomic E-state index is 11.5. The molecule has 2 N–H and O–H groups in total. The molecule has 1 atom stereocenters. The van der Waals surface area contributed by atoms with Gasteiger partial charge in [-0.15, -0.1) is 0 Å². The van der Waals surface area contributed by atoms with E-state index in [1.807, 2.05) is 30.3 Å². The molecule has 1 aromatic rings. The van der Waals surface area contributed by atoms with Crippen molar-refractivity contribution in [2.75, 3.05) is 12.0 Å². The molecule has 0 bridgehead atoms. The quantitative estimate of drug-likeness (QED) is 0.733. The van der Waals surface area contributed by atoms with E-state index in [1.165, 1.54) is 0 Å². The highest BCUT2D eigenvalue weighted by atomic mass is 16.5. The van der Waals surface area contributed by atoms with E-state index in [9.17, 15) is 4.79 Å². The number of hydrazine groups is 1. The molecule has 1 fully saturated rings. The van der Waals surface area contributed by atoms with Crippen LogP contribution in [0.4, 0.5) is 5.69 Å². The maximum atomic E-state index is 11.5. The van der Waals surface area contributed by atoms with Gasteiger partial charge in [-0.2, -0.15) is 0 Å². The Labute approximate surface area is 88.6 Å². The molecule has 0 aliphatic carbocycles. The van der Waals surface area contributed by atoms with Gasteiger partial charge in [-0.25, -0.2) is 0 Å². The minimum atomic E-state index is -0.291. The van der Waals surface area contributed by atoms with Crippen molar-refractivity contribution in [3.05, 3.63) is 30.3 Å². The number of para-hydroxylation sites is 1. The molecule has 1 saturated heterocycles. The molecule has 4 heteroatoms. The Morgan fingerprint density at radius 2 is 2.13 bits per heavy atom. The predicted octanol–water partition coefficient (Wildman–Crippen LogP) is 1.31. The van der Waals surface area contributed by atoms with E-state index in [0.29, 0.717) is 6.61 Å². The van der Waals surface area contributed by atoms with Crippen molar-refractivity contribution < 1.29 is 9.53 Å². The fourth-order valence-electron chi connectivity index (χ4n) is 1.52. The normalized spacial score (nSPS) is 19.9.